The minimum Gasteiger partial charge on any atom is -0.487 e. The number of hydrogen-bond donors (Lipinski definition) is 1. The molecule has 0 saturated heterocycles. The number of rotatable bonds is 4. The Morgan fingerprint density at radius 1 is 1.11 bits per heavy atom. The number of likely N-dealkylation sites (N-methyl/N-ethyl adjacent to an activating group) is 1. The van der Waals surface area contributed by atoms with Crippen LogP contribution in [0.25, 0.3) is 6.08 Å². The van der Waals surface area contributed by atoms with E-state index in [9.17, 15) is 5.11 Å². The Morgan fingerprint density at radius 2 is 1.74 bits per heavy atom. The molecule has 0 fully saturated rings. The first-order valence-corrected chi connectivity index (χ1v) is 9.31. The summed E-state index contributed by atoms with van der Waals surface area (Å²) in [6.07, 6.45) is 1.18. The molecule has 0 bridgehead atoms. The number of halogens is 1. The molecule has 1 heterocycles. The van der Waals surface area contributed by atoms with Gasteiger partial charge in [0.15, 0.2) is 6.23 Å². The van der Waals surface area contributed by atoms with Crippen molar-refractivity contribution in [3.63, 3.8) is 0 Å². The molecule has 1 N–H and O–H groups in total. The number of nitrogens with zero attached hydrogens (tertiary/aromatic N) is 2. The molecular formula is C22H25ClN2O2. The summed E-state index contributed by atoms with van der Waals surface area (Å²) >= 11 is 5.90. The molecule has 3 rings (SSSR count). The summed E-state index contributed by atoms with van der Waals surface area (Å²) in [5.74, 6) is 0.708. The van der Waals surface area contributed by atoms with Gasteiger partial charge in [-0.2, -0.15) is 5.10 Å². The molecule has 0 spiro atoms. The minimum atomic E-state index is -0.781. The predicted molar refractivity (Wildman–Crippen MR) is 111 cm³/mol. The molecule has 2 aromatic carbocycles. The fraction of sp³-hybridized carbons (Fsp3) is 0.318. The average molecular weight is 385 g/mol. The molecule has 1 atom stereocenters. The highest BCUT2D eigenvalue weighted by Crippen LogP contribution is 2.25. The SMILES string of the molecule is CN1N=C(COc2ccc(Cl)cc2)/C(=C\c2ccc(C(C)(C)C)cc2)C1O. The number of aliphatic hydroxyl groups excluding tert-OH is 1. The molecule has 4 nitrogen and oxygen atoms in total. The lowest BCUT2D eigenvalue weighted by Gasteiger charge is -2.19. The van der Waals surface area contributed by atoms with E-state index in [0.29, 0.717) is 16.5 Å². The smallest absolute Gasteiger partial charge is 0.170 e. The standard InChI is InChI=1S/C22H25ClN2O2/c1-22(2,3)16-7-5-15(6-8-16)13-19-20(24-25(4)21(19)26)14-27-18-11-9-17(23)10-12-18/h5-13,21,26H,14H2,1-4H3/b19-13+. The zero-order valence-corrected chi connectivity index (χ0v) is 16.9. The van der Waals surface area contributed by atoms with E-state index in [2.05, 4.69) is 50.1 Å². The number of hydrazone groups is 1. The molecule has 27 heavy (non-hydrogen) atoms. The lowest BCUT2D eigenvalue weighted by atomic mass is 9.86. The summed E-state index contributed by atoms with van der Waals surface area (Å²) in [7, 11) is 1.75. The van der Waals surface area contributed by atoms with E-state index < -0.39 is 6.23 Å². The highest BCUT2D eigenvalue weighted by Gasteiger charge is 2.28. The fourth-order valence-corrected chi connectivity index (χ4v) is 2.99. The molecular weight excluding hydrogens is 360 g/mol. The molecule has 2 aromatic rings. The Kier molecular flexibility index (Phi) is 5.59. The van der Waals surface area contributed by atoms with Crippen LogP contribution >= 0.6 is 11.6 Å². The maximum absolute atomic E-state index is 10.5. The van der Waals surface area contributed by atoms with Crippen LogP contribution in [0.1, 0.15) is 31.9 Å². The minimum absolute atomic E-state index is 0.109. The third kappa shape index (κ3) is 4.71. The van der Waals surface area contributed by atoms with Crippen molar-refractivity contribution in [2.24, 2.45) is 5.10 Å². The summed E-state index contributed by atoms with van der Waals surface area (Å²) in [5.41, 5.74) is 3.85. The largest absolute Gasteiger partial charge is 0.487 e. The molecule has 0 amide bonds. The first-order valence-electron chi connectivity index (χ1n) is 8.93. The van der Waals surface area contributed by atoms with Gasteiger partial charge in [0.05, 0.1) is 0 Å². The summed E-state index contributed by atoms with van der Waals surface area (Å²) in [6, 6.07) is 15.6. The first kappa shape index (κ1) is 19.5. The van der Waals surface area contributed by atoms with Gasteiger partial charge in [-0.05, 0) is 46.9 Å². The van der Waals surface area contributed by atoms with E-state index in [-0.39, 0.29) is 12.0 Å². The van der Waals surface area contributed by atoms with Crippen molar-refractivity contribution in [1.29, 1.82) is 0 Å². The van der Waals surface area contributed by atoms with Crippen LogP contribution in [0.3, 0.4) is 0 Å². The van der Waals surface area contributed by atoms with Crippen molar-refractivity contribution < 1.29 is 9.84 Å². The normalized spacial score (nSPS) is 18.7. The maximum atomic E-state index is 10.5. The van der Waals surface area contributed by atoms with E-state index >= 15 is 0 Å². The average Bonchev–Trinajstić information content (AvgIpc) is 2.89. The second-order valence-corrected chi connectivity index (χ2v) is 8.14. The molecule has 0 aromatic heterocycles. The molecule has 1 aliphatic heterocycles. The molecule has 5 heteroatoms. The molecule has 1 unspecified atom stereocenters. The van der Waals surface area contributed by atoms with Crippen molar-refractivity contribution in [1.82, 2.24) is 5.01 Å². The van der Waals surface area contributed by atoms with Crippen LogP contribution in [-0.4, -0.2) is 35.7 Å². The third-order valence-corrected chi connectivity index (χ3v) is 4.78. The Labute approximate surface area is 165 Å². The summed E-state index contributed by atoms with van der Waals surface area (Å²) in [6.45, 7) is 6.84. The van der Waals surface area contributed by atoms with Crippen molar-refractivity contribution in [3.05, 3.63) is 70.3 Å². The van der Waals surface area contributed by atoms with Gasteiger partial charge in [-0.25, -0.2) is 0 Å². The van der Waals surface area contributed by atoms with Crippen LogP contribution in [0.15, 0.2) is 59.2 Å². The number of hydrogen-bond acceptors (Lipinski definition) is 4. The summed E-state index contributed by atoms with van der Waals surface area (Å²) < 4.78 is 5.81. The summed E-state index contributed by atoms with van der Waals surface area (Å²) in [4.78, 5) is 0. The highest BCUT2D eigenvalue weighted by atomic mass is 35.5. The molecule has 0 aliphatic carbocycles. The monoisotopic (exact) mass is 384 g/mol. The lowest BCUT2D eigenvalue weighted by molar-refractivity contribution is 0.0718. The van der Waals surface area contributed by atoms with E-state index in [4.69, 9.17) is 16.3 Å². The van der Waals surface area contributed by atoms with Gasteiger partial charge < -0.3 is 9.84 Å². The van der Waals surface area contributed by atoms with E-state index in [1.165, 1.54) is 10.6 Å². The van der Waals surface area contributed by atoms with Crippen molar-refractivity contribution in [2.75, 3.05) is 13.7 Å². The summed E-state index contributed by atoms with van der Waals surface area (Å²) in [5, 5.41) is 17.1. The predicted octanol–water partition coefficient (Wildman–Crippen LogP) is 4.72. The second-order valence-electron chi connectivity index (χ2n) is 7.71. The maximum Gasteiger partial charge on any atom is 0.170 e. The van der Waals surface area contributed by atoms with Crippen molar-refractivity contribution >= 4 is 23.4 Å². The zero-order chi connectivity index (χ0) is 19.6. The quantitative estimate of drug-likeness (QED) is 0.829. The van der Waals surface area contributed by atoms with E-state index in [1.807, 2.05) is 18.2 Å². The van der Waals surface area contributed by atoms with Gasteiger partial charge in [-0.3, -0.25) is 5.01 Å². The fourth-order valence-electron chi connectivity index (χ4n) is 2.86. The lowest BCUT2D eigenvalue weighted by Crippen LogP contribution is -2.24. The van der Waals surface area contributed by atoms with Crippen LogP contribution in [-0.2, 0) is 5.41 Å². The zero-order valence-electron chi connectivity index (χ0n) is 16.1. The van der Waals surface area contributed by atoms with Crippen LogP contribution < -0.4 is 4.74 Å². The molecule has 142 valence electrons. The van der Waals surface area contributed by atoms with Gasteiger partial charge in [-0.15, -0.1) is 0 Å². The van der Waals surface area contributed by atoms with E-state index in [0.717, 1.165) is 11.1 Å². The van der Waals surface area contributed by atoms with Crippen LogP contribution in [0.5, 0.6) is 5.75 Å². The number of aliphatic hydroxyl groups is 1. The van der Waals surface area contributed by atoms with Crippen LogP contribution in [0.2, 0.25) is 5.02 Å². The molecule has 0 saturated carbocycles. The number of ether oxygens (including phenoxy) is 1. The Morgan fingerprint density at radius 3 is 2.33 bits per heavy atom. The van der Waals surface area contributed by atoms with Gasteiger partial charge >= 0.3 is 0 Å². The van der Waals surface area contributed by atoms with Crippen molar-refractivity contribution in [2.45, 2.75) is 32.4 Å². The highest BCUT2D eigenvalue weighted by molar-refractivity contribution is 6.30. The Hall–Kier alpha value is -2.30. The van der Waals surface area contributed by atoms with Crippen LogP contribution in [0, 0.1) is 0 Å². The number of benzene rings is 2. The Balaban J connectivity index is 1.78. The van der Waals surface area contributed by atoms with E-state index in [1.54, 1.807) is 19.2 Å². The van der Waals surface area contributed by atoms with Gasteiger partial charge in [0, 0.05) is 17.6 Å². The molecule has 1 aliphatic rings. The van der Waals surface area contributed by atoms with Gasteiger partial charge in [0.1, 0.15) is 18.1 Å². The van der Waals surface area contributed by atoms with Gasteiger partial charge in [0.2, 0.25) is 0 Å². The van der Waals surface area contributed by atoms with Crippen molar-refractivity contribution in [3.8, 4) is 5.75 Å². The van der Waals surface area contributed by atoms with Crippen LogP contribution in [0.4, 0.5) is 0 Å². The Bertz CT molecular complexity index is 849. The topological polar surface area (TPSA) is 45.1 Å². The second kappa shape index (κ2) is 7.75. The van der Waals surface area contributed by atoms with Gasteiger partial charge in [-0.1, -0.05) is 56.6 Å². The van der Waals surface area contributed by atoms with Gasteiger partial charge in [0.25, 0.3) is 0 Å². The first-order chi connectivity index (χ1) is 12.7. The molecule has 0 radical (unpaired) electrons. The third-order valence-electron chi connectivity index (χ3n) is 4.53.